The molecule has 3 aromatic rings. The Kier molecular flexibility index (Phi) is 5.74. The lowest BCUT2D eigenvalue weighted by atomic mass is 10.0. The predicted molar refractivity (Wildman–Crippen MR) is 115 cm³/mol. The molecule has 0 bridgehead atoms. The smallest absolute Gasteiger partial charge is 0.274 e. The molecule has 6 nitrogen and oxygen atoms in total. The topological polar surface area (TPSA) is 56.6 Å². The number of carbonyl (C=O) groups is 1. The van der Waals surface area contributed by atoms with Crippen LogP contribution < -0.4 is 9.47 Å². The van der Waals surface area contributed by atoms with Crippen LogP contribution in [0.3, 0.4) is 0 Å². The maximum absolute atomic E-state index is 13.4. The van der Waals surface area contributed by atoms with Crippen molar-refractivity contribution in [2.24, 2.45) is 7.05 Å². The second kappa shape index (κ2) is 8.61. The fraction of sp³-hybridized carbons (Fsp3) is 0.333. The number of fused-ring (bicyclic) bond motifs is 1. The summed E-state index contributed by atoms with van der Waals surface area (Å²) in [6.07, 6.45) is 1.76. The van der Waals surface area contributed by atoms with E-state index in [9.17, 15) is 4.79 Å². The Hall–Kier alpha value is -3.28. The molecule has 1 atom stereocenters. The van der Waals surface area contributed by atoms with E-state index in [1.807, 2.05) is 61.3 Å². The van der Waals surface area contributed by atoms with Gasteiger partial charge in [0.1, 0.15) is 0 Å². The molecular weight excluding hydrogens is 378 g/mol. The summed E-state index contributed by atoms with van der Waals surface area (Å²) in [7, 11) is 1.85. The lowest BCUT2D eigenvalue weighted by molar-refractivity contribution is 0.0658. The van der Waals surface area contributed by atoms with Crippen LogP contribution in [0.4, 0.5) is 0 Å². The van der Waals surface area contributed by atoms with E-state index in [0.717, 1.165) is 35.6 Å². The van der Waals surface area contributed by atoms with Crippen molar-refractivity contribution in [3.8, 4) is 11.5 Å². The van der Waals surface area contributed by atoms with E-state index in [1.165, 1.54) is 5.56 Å². The standard InChI is InChI=1S/C24H27N3O3/c1-17(12-13-19-8-5-4-6-9-19)27(24(28)21-14-18(2)26(3)25-21)15-20-10-7-11-22-23(20)30-16-29-22/h4-11,14,17H,12-13,15-16H2,1-3H3/t17-/m0/s1. The van der Waals surface area contributed by atoms with Crippen LogP contribution in [0.5, 0.6) is 11.5 Å². The monoisotopic (exact) mass is 405 g/mol. The maximum Gasteiger partial charge on any atom is 0.274 e. The summed E-state index contributed by atoms with van der Waals surface area (Å²) < 4.78 is 12.9. The molecule has 1 aliphatic rings. The van der Waals surface area contributed by atoms with Gasteiger partial charge >= 0.3 is 0 Å². The Morgan fingerprint density at radius 2 is 1.97 bits per heavy atom. The van der Waals surface area contributed by atoms with E-state index in [0.29, 0.717) is 12.2 Å². The summed E-state index contributed by atoms with van der Waals surface area (Å²) in [5.74, 6) is 1.38. The predicted octanol–water partition coefficient (Wildman–Crippen LogP) is 4.12. The average Bonchev–Trinajstić information content (AvgIpc) is 3.37. The zero-order chi connectivity index (χ0) is 21.1. The minimum Gasteiger partial charge on any atom is -0.454 e. The first-order chi connectivity index (χ1) is 14.5. The normalized spacial score (nSPS) is 13.3. The van der Waals surface area contributed by atoms with E-state index >= 15 is 0 Å². The number of ether oxygens (including phenoxy) is 2. The van der Waals surface area contributed by atoms with Crippen LogP contribution in [-0.2, 0) is 20.0 Å². The van der Waals surface area contributed by atoms with E-state index in [2.05, 4.69) is 24.2 Å². The summed E-state index contributed by atoms with van der Waals surface area (Å²) in [5.41, 5.74) is 3.62. The first-order valence-corrected chi connectivity index (χ1v) is 10.3. The highest BCUT2D eigenvalue weighted by atomic mass is 16.7. The Morgan fingerprint density at radius 1 is 1.17 bits per heavy atom. The quantitative estimate of drug-likeness (QED) is 0.593. The third-order valence-corrected chi connectivity index (χ3v) is 5.64. The van der Waals surface area contributed by atoms with Crippen LogP contribution in [0.25, 0.3) is 0 Å². The molecule has 0 aliphatic carbocycles. The molecule has 30 heavy (non-hydrogen) atoms. The molecule has 6 heteroatoms. The lowest BCUT2D eigenvalue weighted by Gasteiger charge is -2.29. The fourth-order valence-corrected chi connectivity index (χ4v) is 3.71. The van der Waals surface area contributed by atoms with Crippen molar-refractivity contribution in [3.63, 3.8) is 0 Å². The van der Waals surface area contributed by atoms with Gasteiger partial charge in [-0.3, -0.25) is 9.48 Å². The number of hydrogen-bond acceptors (Lipinski definition) is 4. The summed E-state index contributed by atoms with van der Waals surface area (Å²) in [6, 6.07) is 18.0. The van der Waals surface area contributed by atoms with Gasteiger partial charge in [0.25, 0.3) is 5.91 Å². The van der Waals surface area contributed by atoms with E-state index in [-0.39, 0.29) is 18.7 Å². The zero-order valence-corrected chi connectivity index (χ0v) is 17.7. The largest absolute Gasteiger partial charge is 0.454 e. The SMILES string of the molecule is Cc1cc(C(=O)N(Cc2cccc3c2OCO3)[C@@H](C)CCc2ccccc2)nn1C. The van der Waals surface area contributed by atoms with Gasteiger partial charge < -0.3 is 14.4 Å². The minimum atomic E-state index is -0.0734. The molecule has 0 spiro atoms. The maximum atomic E-state index is 13.4. The number of para-hydroxylation sites is 1. The number of carbonyl (C=O) groups excluding carboxylic acids is 1. The number of benzene rings is 2. The lowest BCUT2D eigenvalue weighted by Crippen LogP contribution is -2.38. The highest BCUT2D eigenvalue weighted by Gasteiger charge is 2.27. The second-order valence-electron chi connectivity index (χ2n) is 7.75. The molecule has 1 aromatic heterocycles. The molecule has 156 valence electrons. The molecule has 0 radical (unpaired) electrons. The molecule has 2 aromatic carbocycles. The van der Waals surface area contributed by atoms with Crippen molar-refractivity contribution in [3.05, 3.63) is 77.1 Å². The van der Waals surface area contributed by atoms with E-state index in [4.69, 9.17) is 9.47 Å². The van der Waals surface area contributed by atoms with Gasteiger partial charge in [-0.25, -0.2) is 0 Å². The van der Waals surface area contributed by atoms with Crippen LogP contribution >= 0.6 is 0 Å². The number of rotatable bonds is 7. The van der Waals surface area contributed by atoms with Crippen molar-refractivity contribution in [1.82, 2.24) is 14.7 Å². The molecule has 0 saturated carbocycles. The average molecular weight is 405 g/mol. The summed E-state index contributed by atoms with van der Waals surface area (Å²) in [5, 5.41) is 4.42. The first-order valence-electron chi connectivity index (χ1n) is 10.3. The zero-order valence-electron chi connectivity index (χ0n) is 17.7. The van der Waals surface area contributed by atoms with Gasteiger partial charge in [0.15, 0.2) is 17.2 Å². The molecule has 0 unspecified atom stereocenters. The molecule has 1 amide bonds. The summed E-state index contributed by atoms with van der Waals surface area (Å²) in [4.78, 5) is 15.3. The van der Waals surface area contributed by atoms with E-state index < -0.39 is 0 Å². The molecular formula is C24H27N3O3. The number of nitrogens with zero attached hydrogens (tertiary/aromatic N) is 3. The van der Waals surface area contributed by atoms with Gasteiger partial charge in [-0.15, -0.1) is 0 Å². The Bertz CT molecular complexity index is 1010. The van der Waals surface area contributed by atoms with Crippen molar-refractivity contribution >= 4 is 5.91 Å². The Balaban J connectivity index is 1.59. The van der Waals surface area contributed by atoms with Gasteiger partial charge in [0.2, 0.25) is 6.79 Å². The van der Waals surface area contributed by atoms with Gasteiger partial charge in [-0.1, -0.05) is 42.5 Å². The first kappa shape index (κ1) is 20.0. The molecule has 0 N–H and O–H groups in total. The van der Waals surface area contributed by atoms with Gasteiger partial charge in [0.05, 0.1) is 6.54 Å². The Morgan fingerprint density at radius 3 is 2.70 bits per heavy atom. The van der Waals surface area contributed by atoms with Crippen molar-refractivity contribution in [2.75, 3.05) is 6.79 Å². The van der Waals surface area contributed by atoms with Crippen molar-refractivity contribution in [1.29, 1.82) is 0 Å². The van der Waals surface area contributed by atoms with Crippen LogP contribution in [0.15, 0.2) is 54.6 Å². The van der Waals surface area contributed by atoms with Gasteiger partial charge in [0, 0.05) is 24.3 Å². The van der Waals surface area contributed by atoms with Gasteiger partial charge in [-0.05, 0) is 44.4 Å². The van der Waals surface area contributed by atoms with Crippen LogP contribution in [0.1, 0.15) is 40.7 Å². The summed E-state index contributed by atoms with van der Waals surface area (Å²) in [6.45, 7) is 4.69. The van der Waals surface area contributed by atoms with Crippen LogP contribution in [0, 0.1) is 6.92 Å². The number of hydrogen-bond donors (Lipinski definition) is 0. The van der Waals surface area contributed by atoms with Crippen LogP contribution in [-0.4, -0.2) is 33.4 Å². The van der Waals surface area contributed by atoms with Crippen molar-refractivity contribution in [2.45, 2.75) is 39.3 Å². The molecule has 0 fully saturated rings. The molecule has 0 saturated heterocycles. The summed E-state index contributed by atoms with van der Waals surface area (Å²) >= 11 is 0. The van der Waals surface area contributed by atoms with Crippen molar-refractivity contribution < 1.29 is 14.3 Å². The molecule has 4 rings (SSSR count). The third-order valence-electron chi connectivity index (χ3n) is 5.64. The third kappa shape index (κ3) is 4.17. The molecule has 1 aliphatic heterocycles. The second-order valence-corrected chi connectivity index (χ2v) is 7.75. The van der Waals surface area contributed by atoms with E-state index in [1.54, 1.807) is 4.68 Å². The Labute approximate surface area is 177 Å². The van der Waals surface area contributed by atoms with Crippen LogP contribution in [0.2, 0.25) is 0 Å². The highest BCUT2D eigenvalue weighted by Crippen LogP contribution is 2.36. The van der Waals surface area contributed by atoms with Gasteiger partial charge in [-0.2, -0.15) is 5.10 Å². The number of amides is 1. The molecule has 2 heterocycles. The minimum absolute atomic E-state index is 0.0261. The highest BCUT2D eigenvalue weighted by molar-refractivity contribution is 5.92. The fourth-order valence-electron chi connectivity index (χ4n) is 3.71. The number of aryl methyl sites for hydroxylation is 3. The number of aromatic nitrogens is 2.